The smallest absolute Gasteiger partial charge is 0.319 e. The first-order valence-electron chi connectivity index (χ1n) is 8.96. The number of hydrogen-bond donors (Lipinski definition) is 3. The molecule has 144 valence electrons. The topological polar surface area (TPSA) is 90.5 Å². The van der Waals surface area contributed by atoms with E-state index in [2.05, 4.69) is 22.5 Å². The van der Waals surface area contributed by atoms with Crippen LogP contribution in [0.5, 0.6) is 0 Å². The monoisotopic (exact) mass is 378 g/mol. The number of carbonyl (C=O) groups excluding carboxylic acids is 3. The number of rotatable bonds is 5. The molecule has 0 bridgehead atoms. The third kappa shape index (κ3) is 4.37. The molecule has 0 radical (unpaired) electrons. The summed E-state index contributed by atoms with van der Waals surface area (Å²) in [6.45, 7) is 6.10. The summed E-state index contributed by atoms with van der Waals surface area (Å²) in [6, 6.07) is 11.9. The van der Waals surface area contributed by atoms with Gasteiger partial charge in [0.2, 0.25) is 5.91 Å². The molecule has 0 fully saturated rings. The van der Waals surface area contributed by atoms with Gasteiger partial charge in [-0.3, -0.25) is 9.59 Å². The molecule has 1 heterocycles. The molecule has 0 aromatic heterocycles. The molecule has 0 saturated carbocycles. The predicted molar refractivity (Wildman–Crippen MR) is 110 cm³/mol. The second kappa shape index (κ2) is 8.39. The molecule has 0 spiro atoms. The van der Waals surface area contributed by atoms with Gasteiger partial charge in [0.05, 0.1) is 0 Å². The maximum absolute atomic E-state index is 12.5. The third-order valence-electron chi connectivity index (χ3n) is 4.42. The zero-order chi connectivity index (χ0) is 20.1. The lowest BCUT2D eigenvalue weighted by atomic mass is 10.1. The van der Waals surface area contributed by atoms with Crippen LogP contribution in [-0.4, -0.2) is 30.9 Å². The Bertz CT molecular complexity index is 922. The average Bonchev–Trinajstić information content (AvgIpc) is 3.11. The highest BCUT2D eigenvalue weighted by molar-refractivity contribution is 6.05. The van der Waals surface area contributed by atoms with Gasteiger partial charge in [0.15, 0.2) is 0 Å². The van der Waals surface area contributed by atoms with Crippen molar-refractivity contribution < 1.29 is 14.4 Å². The van der Waals surface area contributed by atoms with Crippen LogP contribution in [0, 0.1) is 0 Å². The van der Waals surface area contributed by atoms with Gasteiger partial charge in [-0.1, -0.05) is 6.08 Å². The molecule has 1 aliphatic rings. The Kier molecular flexibility index (Phi) is 5.74. The van der Waals surface area contributed by atoms with Gasteiger partial charge in [-0.15, -0.1) is 6.58 Å². The Morgan fingerprint density at radius 2 is 1.75 bits per heavy atom. The zero-order valence-electron chi connectivity index (χ0n) is 15.6. The Morgan fingerprint density at radius 3 is 2.39 bits per heavy atom. The van der Waals surface area contributed by atoms with E-state index in [1.165, 1.54) is 6.92 Å². The second-order valence-corrected chi connectivity index (χ2v) is 6.42. The van der Waals surface area contributed by atoms with Crippen LogP contribution in [0.15, 0.2) is 55.1 Å². The van der Waals surface area contributed by atoms with Crippen molar-refractivity contribution in [2.45, 2.75) is 13.3 Å². The molecular formula is C21H22N4O3. The molecule has 3 rings (SSSR count). The minimum atomic E-state index is -0.325. The van der Waals surface area contributed by atoms with E-state index in [-0.39, 0.29) is 17.8 Å². The highest BCUT2D eigenvalue weighted by Gasteiger charge is 2.23. The number of carbonyl (C=O) groups is 3. The van der Waals surface area contributed by atoms with Crippen LogP contribution in [-0.2, 0) is 11.2 Å². The van der Waals surface area contributed by atoms with Crippen molar-refractivity contribution >= 4 is 34.9 Å². The van der Waals surface area contributed by atoms with Crippen molar-refractivity contribution in [1.29, 1.82) is 0 Å². The van der Waals surface area contributed by atoms with Crippen LogP contribution in [0.2, 0.25) is 0 Å². The fraction of sp³-hybridized carbons (Fsp3) is 0.190. The summed E-state index contributed by atoms with van der Waals surface area (Å²) in [6.07, 6.45) is 2.33. The fourth-order valence-corrected chi connectivity index (χ4v) is 3.05. The Balaban J connectivity index is 1.63. The van der Waals surface area contributed by atoms with Gasteiger partial charge in [0.1, 0.15) is 0 Å². The average molecular weight is 378 g/mol. The number of nitrogens with one attached hydrogen (secondary N) is 3. The molecule has 0 aliphatic carbocycles. The van der Waals surface area contributed by atoms with Crippen molar-refractivity contribution in [3.63, 3.8) is 0 Å². The summed E-state index contributed by atoms with van der Waals surface area (Å²) < 4.78 is 0. The first-order valence-corrected chi connectivity index (χ1v) is 8.96. The van der Waals surface area contributed by atoms with Gasteiger partial charge in [-0.25, -0.2) is 4.79 Å². The van der Waals surface area contributed by atoms with Gasteiger partial charge in [0, 0.05) is 42.6 Å². The van der Waals surface area contributed by atoms with Crippen LogP contribution < -0.4 is 20.9 Å². The van der Waals surface area contributed by atoms with E-state index in [4.69, 9.17) is 0 Å². The largest absolute Gasteiger partial charge is 0.334 e. The first-order chi connectivity index (χ1) is 13.5. The minimum absolute atomic E-state index is 0.00262. The summed E-state index contributed by atoms with van der Waals surface area (Å²) in [4.78, 5) is 37.5. The Labute approximate surface area is 163 Å². The highest BCUT2D eigenvalue weighted by Crippen LogP contribution is 2.29. The van der Waals surface area contributed by atoms with Crippen LogP contribution in [0.3, 0.4) is 0 Å². The van der Waals surface area contributed by atoms with Crippen LogP contribution in [0.4, 0.5) is 21.9 Å². The van der Waals surface area contributed by atoms with Gasteiger partial charge < -0.3 is 20.9 Å². The SMILES string of the molecule is C=CCNC(=O)Nc1ccc(NC(=O)c2ccc3c(c2)CCN3C(C)=O)cc1. The molecule has 7 heteroatoms. The summed E-state index contributed by atoms with van der Waals surface area (Å²) >= 11 is 0. The van der Waals surface area contributed by atoms with E-state index in [0.29, 0.717) is 30.0 Å². The summed E-state index contributed by atoms with van der Waals surface area (Å²) in [5.74, 6) is -0.226. The number of fused-ring (bicyclic) bond motifs is 1. The van der Waals surface area contributed by atoms with Gasteiger partial charge in [-0.05, 0) is 54.4 Å². The van der Waals surface area contributed by atoms with Crippen molar-refractivity contribution in [1.82, 2.24) is 5.32 Å². The number of anilines is 3. The number of hydrogen-bond acceptors (Lipinski definition) is 3. The lowest BCUT2D eigenvalue weighted by Gasteiger charge is -2.15. The highest BCUT2D eigenvalue weighted by atomic mass is 16.2. The molecule has 0 unspecified atom stereocenters. The summed E-state index contributed by atoms with van der Waals surface area (Å²) in [5.41, 5.74) is 3.63. The third-order valence-corrected chi connectivity index (χ3v) is 4.42. The molecule has 1 aliphatic heterocycles. The van der Waals surface area contributed by atoms with E-state index in [1.54, 1.807) is 41.3 Å². The maximum atomic E-state index is 12.5. The van der Waals surface area contributed by atoms with Crippen LogP contribution in [0.25, 0.3) is 0 Å². The quantitative estimate of drug-likeness (QED) is 0.698. The van der Waals surface area contributed by atoms with Crippen molar-refractivity contribution in [3.05, 3.63) is 66.2 Å². The van der Waals surface area contributed by atoms with E-state index in [9.17, 15) is 14.4 Å². The molecule has 4 amide bonds. The summed E-state index contributed by atoms with van der Waals surface area (Å²) in [5, 5.41) is 8.14. The zero-order valence-corrected chi connectivity index (χ0v) is 15.6. The summed E-state index contributed by atoms with van der Waals surface area (Å²) in [7, 11) is 0. The molecule has 0 saturated heterocycles. The standard InChI is InChI=1S/C21H22N4O3/c1-3-11-22-21(28)24-18-7-5-17(6-8-18)23-20(27)16-4-9-19-15(13-16)10-12-25(19)14(2)26/h3-9,13H,1,10-12H2,2H3,(H,23,27)(H2,22,24,28). The molecule has 2 aromatic rings. The Hall–Kier alpha value is -3.61. The number of amides is 4. The molecular weight excluding hydrogens is 356 g/mol. The molecule has 7 nitrogen and oxygen atoms in total. The van der Waals surface area contributed by atoms with Gasteiger partial charge in [0.25, 0.3) is 5.91 Å². The maximum Gasteiger partial charge on any atom is 0.319 e. The van der Waals surface area contributed by atoms with E-state index in [1.807, 2.05) is 12.1 Å². The van der Waals surface area contributed by atoms with E-state index >= 15 is 0 Å². The van der Waals surface area contributed by atoms with E-state index in [0.717, 1.165) is 17.7 Å². The second-order valence-electron chi connectivity index (χ2n) is 6.42. The van der Waals surface area contributed by atoms with Crippen molar-refractivity contribution in [2.75, 3.05) is 28.6 Å². The normalized spacial score (nSPS) is 12.1. The van der Waals surface area contributed by atoms with Crippen LogP contribution in [0.1, 0.15) is 22.8 Å². The first kappa shape index (κ1) is 19.2. The van der Waals surface area contributed by atoms with Crippen molar-refractivity contribution in [3.8, 4) is 0 Å². The lowest BCUT2D eigenvalue weighted by Crippen LogP contribution is -2.28. The minimum Gasteiger partial charge on any atom is -0.334 e. The number of nitrogens with zero attached hydrogens (tertiary/aromatic N) is 1. The lowest BCUT2D eigenvalue weighted by molar-refractivity contribution is -0.116. The fourth-order valence-electron chi connectivity index (χ4n) is 3.05. The number of urea groups is 1. The van der Waals surface area contributed by atoms with Gasteiger partial charge >= 0.3 is 6.03 Å². The van der Waals surface area contributed by atoms with Gasteiger partial charge in [-0.2, -0.15) is 0 Å². The molecule has 28 heavy (non-hydrogen) atoms. The number of benzene rings is 2. The Morgan fingerprint density at radius 1 is 1.07 bits per heavy atom. The van der Waals surface area contributed by atoms with E-state index < -0.39 is 0 Å². The molecule has 3 N–H and O–H groups in total. The molecule has 0 atom stereocenters. The van der Waals surface area contributed by atoms with Crippen LogP contribution >= 0.6 is 0 Å². The van der Waals surface area contributed by atoms with Crippen molar-refractivity contribution in [2.24, 2.45) is 0 Å². The predicted octanol–water partition coefficient (Wildman–Crippen LogP) is 3.16. The molecule has 2 aromatic carbocycles.